The Morgan fingerprint density at radius 2 is 2.12 bits per heavy atom. The molecule has 17 heavy (non-hydrogen) atoms. The van der Waals surface area contributed by atoms with Crippen LogP contribution in [0.15, 0.2) is 12.1 Å². The van der Waals surface area contributed by atoms with Gasteiger partial charge in [-0.15, -0.1) is 0 Å². The number of anilines is 1. The van der Waals surface area contributed by atoms with Gasteiger partial charge in [0.05, 0.1) is 5.52 Å². The molecule has 0 aliphatic heterocycles. The predicted octanol–water partition coefficient (Wildman–Crippen LogP) is 1.54. The Morgan fingerprint density at radius 1 is 1.29 bits per heavy atom. The second kappa shape index (κ2) is 5.14. The van der Waals surface area contributed by atoms with E-state index >= 15 is 0 Å². The molecule has 0 spiro atoms. The molecule has 0 saturated carbocycles. The van der Waals surface area contributed by atoms with Crippen LogP contribution in [0.25, 0.3) is 11.2 Å². The Morgan fingerprint density at radius 3 is 2.82 bits per heavy atom. The number of pyridine rings is 1. The summed E-state index contributed by atoms with van der Waals surface area (Å²) in [5, 5.41) is 6.38. The SMILES string of the molecule is CNc1ccc2[nH]c(CCNC(C)C)nc2n1. The molecule has 0 unspecified atom stereocenters. The van der Waals surface area contributed by atoms with Crippen LogP contribution >= 0.6 is 0 Å². The van der Waals surface area contributed by atoms with Gasteiger partial charge >= 0.3 is 0 Å². The summed E-state index contributed by atoms with van der Waals surface area (Å²) in [6.45, 7) is 5.20. The molecule has 3 N–H and O–H groups in total. The van der Waals surface area contributed by atoms with E-state index in [1.807, 2.05) is 19.2 Å². The molecule has 2 aromatic heterocycles. The van der Waals surface area contributed by atoms with Crippen molar-refractivity contribution in [3.63, 3.8) is 0 Å². The zero-order chi connectivity index (χ0) is 12.3. The number of imidazole rings is 1. The van der Waals surface area contributed by atoms with E-state index < -0.39 is 0 Å². The topological polar surface area (TPSA) is 65.6 Å². The van der Waals surface area contributed by atoms with Gasteiger partial charge in [-0.2, -0.15) is 0 Å². The summed E-state index contributed by atoms with van der Waals surface area (Å²) < 4.78 is 0. The Labute approximate surface area is 101 Å². The molecule has 2 heterocycles. The Hall–Kier alpha value is -1.62. The Balaban J connectivity index is 2.09. The zero-order valence-electron chi connectivity index (χ0n) is 10.5. The van der Waals surface area contributed by atoms with Gasteiger partial charge in [-0.25, -0.2) is 9.97 Å². The van der Waals surface area contributed by atoms with Crippen LogP contribution in [0.1, 0.15) is 19.7 Å². The molecule has 0 amide bonds. The standard InChI is InChI=1S/C12H19N5/c1-8(2)14-7-6-11-15-9-4-5-10(13-3)16-12(9)17-11/h4-5,8,14H,6-7H2,1-3H3,(H2,13,15,16,17). The number of H-pyrrole nitrogens is 1. The Bertz CT molecular complexity index is 489. The first-order valence-corrected chi connectivity index (χ1v) is 5.96. The fourth-order valence-electron chi connectivity index (χ4n) is 1.68. The van der Waals surface area contributed by atoms with E-state index in [0.717, 1.165) is 35.8 Å². The summed E-state index contributed by atoms with van der Waals surface area (Å²) in [4.78, 5) is 12.1. The van der Waals surface area contributed by atoms with Gasteiger partial charge in [0.1, 0.15) is 11.6 Å². The minimum Gasteiger partial charge on any atom is -0.373 e. The van der Waals surface area contributed by atoms with E-state index in [4.69, 9.17) is 0 Å². The molecule has 0 aliphatic rings. The van der Waals surface area contributed by atoms with Crippen LogP contribution in [0.5, 0.6) is 0 Å². The zero-order valence-corrected chi connectivity index (χ0v) is 10.5. The molecule has 0 fully saturated rings. The smallest absolute Gasteiger partial charge is 0.179 e. The van der Waals surface area contributed by atoms with Gasteiger partial charge in [0.2, 0.25) is 0 Å². The molecule has 0 saturated heterocycles. The van der Waals surface area contributed by atoms with Crippen LogP contribution in [-0.2, 0) is 6.42 Å². The minimum atomic E-state index is 0.508. The van der Waals surface area contributed by atoms with Crippen LogP contribution in [0.3, 0.4) is 0 Å². The first-order valence-electron chi connectivity index (χ1n) is 5.96. The fourth-order valence-corrected chi connectivity index (χ4v) is 1.68. The summed E-state index contributed by atoms with van der Waals surface area (Å²) in [7, 11) is 1.86. The number of hydrogen-bond acceptors (Lipinski definition) is 4. The highest BCUT2D eigenvalue weighted by molar-refractivity contribution is 5.72. The van der Waals surface area contributed by atoms with Crippen LogP contribution in [0.4, 0.5) is 5.82 Å². The highest BCUT2D eigenvalue weighted by atomic mass is 15.0. The first kappa shape index (κ1) is 11.9. The second-order valence-corrected chi connectivity index (χ2v) is 4.36. The van der Waals surface area contributed by atoms with Crippen LogP contribution in [0, 0.1) is 0 Å². The monoisotopic (exact) mass is 233 g/mol. The summed E-state index contributed by atoms with van der Waals surface area (Å²) in [5.41, 5.74) is 1.76. The summed E-state index contributed by atoms with van der Waals surface area (Å²) in [6, 6.07) is 4.45. The van der Waals surface area contributed by atoms with E-state index in [1.54, 1.807) is 0 Å². The van der Waals surface area contributed by atoms with Crippen molar-refractivity contribution in [2.75, 3.05) is 18.9 Å². The second-order valence-electron chi connectivity index (χ2n) is 4.36. The number of fused-ring (bicyclic) bond motifs is 1. The fraction of sp³-hybridized carbons (Fsp3) is 0.500. The molecular weight excluding hydrogens is 214 g/mol. The summed E-state index contributed by atoms with van der Waals surface area (Å²) in [6.07, 6.45) is 0.892. The maximum atomic E-state index is 4.47. The van der Waals surface area contributed by atoms with Crippen molar-refractivity contribution in [3.8, 4) is 0 Å². The molecule has 2 rings (SSSR count). The highest BCUT2D eigenvalue weighted by Gasteiger charge is 2.04. The molecular formula is C12H19N5. The number of nitrogens with one attached hydrogen (secondary N) is 3. The number of hydrogen-bond donors (Lipinski definition) is 3. The third-order valence-corrected chi connectivity index (χ3v) is 2.57. The third kappa shape index (κ3) is 2.94. The lowest BCUT2D eigenvalue weighted by Crippen LogP contribution is -2.25. The van der Waals surface area contributed by atoms with Crippen molar-refractivity contribution in [1.29, 1.82) is 0 Å². The quantitative estimate of drug-likeness (QED) is 0.733. The minimum absolute atomic E-state index is 0.508. The van der Waals surface area contributed by atoms with Crippen LogP contribution in [-0.4, -0.2) is 34.6 Å². The lowest BCUT2D eigenvalue weighted by Gasteiger charge is -2.05. The van der Waals surface area contributed by atoms with Gasteiger partial charge in [0, 0.05) is 26.1 Å². The van der Waals surface area contributed by atoms with Crippen molar-refractivity contribution in [2.24, 2.45) is 0 Å². The van der Waals surface area contributed by atoms with Crippen molar-refractivity contribution in [3.05, 3.63) is 18.0 Å². The van der Waals surface area contributed by atoms with Gasteiger partial charge in [-0.1, -0.05) is 13.8 Å². The van der Waals surface area contributed by atoms with Crippen molar-refractivity contribution in [1.82, 2.24) is 20.3 Å². The largest absolute Gasteiger partial charge is 0.373 e. The van der Waals surface area contributed by atoms with Gasteiger partial charge in [-0.3, -0.25) is 0 Å². The van der Waals surface area contributed by atoms with E-state index in [2.05, 4.69) is 39.4 Å². The number of aromatic nitrogens is 3. The number of aromatic amines is 1. The normalized spacial score (nSPS) is 11.3. The van der Waals surface area contributed by atoms with Crippen LogP contribution < -0.4 is 10.6 Å². The number of nitrogens with zero attached hydrogens (tertiary/aromatic N) is 2. The van der Waals surface area contributed by atoms with Crippen molar-refractivity contribution >= 4 is 17.0 Å². The summed E-state index contributed by atoms with van der Waals surface area (Å²) in [5.74, 6) is 1.82. The lowest BCUT2D eigenvalue weighted by molar-refractivity contribution is 0.585. The van der Waals surface area contributed by atoms with Gasteiger partial charge in [0.25, 0.3) is 0 Å². The van der Waals surface area contributed by atoms with Crippen LogP contribution in [0.2, 0.25) is 0 Å². The first-order chi connectivity index (χ1) is 8.19. The third-order valence-electron chi connectivity index (χ3n) is 2.57. The van der Waals surface area contributed by atoms with Crippen molar-refractivity contribution < 1.29 is 0 Å². The highest BCUT2D eigenvalue weighted by Crippen LogP contribution is 2.12. The Kier molecular flexibility index (Phi) is 3.58. The molecule has 0 bridgehead atoms. The predicted molar refractivity (Wildman–Crippen MR) is 70.3 cm³/mol. The molecule has 0 radical (unpaired) electrons. The van der Waals surface area contributed by atoms with Crippen molar-refractivity contribution in [2.45, 2.75) is 26.3 Å². The molecule has 5 nitrogen and oxygen atoms in total. The maximum Gasteiger partial charge on any atom is 0.179 e. The maximum absolute atomic E-state index is 4.47. The molecule has 0 aliphatic carbocycles. The average molecular weight is 233 g/mol. The molecule has 0 atom stereocenters. The summed E-state index contributed by atoms with van der Waals surface area (Å²) >= 11 is 0. The van der Waals surface area contributed by atoms with E-state index in [0.29, 0.717) is 6.04 Å². The van der Waals surface area contributed by atoms with Gasteiger partial charge in [0.15, 0.2) is 5.65 Å². The molecule has 92 valence electrons. The van der Waals surface area contributed by atoms with Gasteiger partial charge in [-0.05, 0) is 12.1 Å². The molecule has 0 aromatic carbocycles. The van der Waals surface area contributed by atoms with E-state index in [9.17, 15) is 0 Å². The lowest BCUT2D eigenvalue weighted by atomic mass is 10.3. The average Bonchev–Trinajstić information content (AvgIpc) is 2.69. The van der Waals surface area contributed by atoms with E-state index in [-0.39, 0.29) is 0 Å². The molecule has 2 aromatic rings. The number of rotatable bonds is 5. The van der Waals surface area contributed by atoms with Gasteiger partial charge < -0.3 is 15.6 Å². The molecule has 5 heteroatoms. The van der Waals surface area contributed by atoms with E-state index in [1.165, 1.54) is 0 Å².